The van der Waals surface area contributed by atoms with Crippen LogP contribution in [0.3, 0.4) is 0 Å². The predicted molar refractivity (Wildman–Crippen MR) is 91.2 cm³/mol. The van der Waals surface area contributed by atoms with Gasteiger partial charge in [0.1, 0.15) is 0 Å². The molecule has 0 amide bonds. The molecule has 0 aromatic carbocycles. The third-order valence-electron chi connectivity index (χ3n) is 6.06. The maximum absolute atomic E-state index is 6.56. The van der Waals surface area contributed by atoms with Gasteiger partial charge in [0.2, 0.25) is 0 Å². The second-order valence-electron chi connectivity index (χ2n) is 6.75. The first kappa shape index (κ1) is 17.5. The molecule has 2 aliphatic carbocycles. The molecule has 0 bridgehead atoms. The summed E-state index contributed by atoms with van der Waals surface area (Å²) in [6.07, 6.45) is 0. The summed E-state index contributed by atoms with van der Waals surface area (Å²) in [4.78, 5) is 0. The van der Waals surface area contributed by atoms with Gasteiger partial charge >= 0.3 is 144 Å². The quantitative estimate of drug-likeness (QED) is 0.501. The second kappa shape index (κ2) is 6.33. The van der Waals surface area contributed by atoms with Crippen molar-refractivity contribution in [1.29, 1.82) is 0 Å². The fourth-order valence-corrected chi connectivity index (χ4v) is 13.9. The first-order valence-corrected chi connectivity index (χ1v) is 12.7. The zero-order valence-electron chi connectivity index (χ0n) is 14.7. The van der Waals surface area contributed by atoms with E-state index in [0.29, 0.717) is 11.8 Å². The van der Waals surface area contributed by atoms with Crippen LogP contribution >= 0.6 is 11.6 Å². The van der Waals surface area contributed by atoms with Crippen molar-refractivity contribution in [3.63, 3.8) is 0 Å². The summed E-state index contributed by atoms with van der Waals surface area (Å²) < 4.78 is 4.40. The van der Waals surface area contributed by atoms with Gasteiger partial charge in [0.05, 0.1) is 0 Å². The Morgan fingerprint density at radius 3 is 1.24 bits per heavy atom. The van der Waals surface area contributed by atoms with Gasteiger partial charge < -0.3 is 0 Å². The topological polar surface area (TPSA) is 0 Å². The molecule has 0 radical (unpaired) electrons. The zero-order chi connectivity index (χ0) is 16.1. The molecule has 2 unspecified atom stereocenters. The normalized spacial score (nSPS) is 26.7. The Labute approximate surface area is 143 Å². The molecule has 0 aromatic rings. The molecule has 0 heterocycles. The van der Waals surface area contributed by atoms with Gasteiger partial charge in [-0.15, -0.1) is 0 Å². The average molecular weight is 383 g/mol. The summed E-state index contributed by atoms with van der Waals surface area (Å²) in [6, 6.07) is 0. The third-order valence-corrected chi connectivity index (χ3v) is 15.5. The summed E-state index contributed by atoms with van der Waals surface area (Å²) in [6.45, 7) is 18.6. The number of allylic oxidation sites excluding steroid dienone is 8. The number of halogens is 1. The van der Waals surface area contributed by atoms with E-state index in [0.717, 1.165) is 3.59 Å². The summed E-state index contributed by atoms with van der Waals surface area (Å²) in [5.41, 5.74) is 9.29. The molecule has 0 saturated heterocycles. The summed E-state index contributed by atoms with van der Waals surface area (Å²) in [5.74, 6) is 1.23. The van der Waals surface area contributed by atoms with Crippen LogP contribution in [-0.4, -0.2) is 3.59 Å². The molecule has 2 aliphatic rings. The number of hydrogen-bond donors (Lipinski definition) is 0. The van der Waals surface area contributed by atoms with Crippen LogP contribution in [0.1, 0.15) is 55.4 Å². The molecule has 0 N–H and O–H groups in total. The first-order valence-electron chi connectivity index (χ1n) is 7.93. The molecule has 0 aliphatic heterocycles. The number of rotatable bonds is 3. The van der Waals surface area contributed by atoms with Gasteiger partial charge in [0.25, 0.3) is 0 Å². The average Bonchev–Trinajstić information content (AvgIpc) is 2.77. The molecule has 115 valence electrons. The van der Waals surface area contributed by atoms with E-state index in [2.05, 4.69) is 55.4 Å². The SMILES string of the molecule is CC1=C(C)C(C)[C]([Zr]([CH2]Cl)[C]2=C(C)C(C)=C(C)C2C)=C1C. The molecule has 2 heteroatoms. The molecular formula is C19H28ClZr. The van der Waals surface area contributed by atoms with E-state index in [-0.39, 0.29) is 0 Å². The predicted octanol–water partition coefficient (Wildman–Crippen LogP) is 6.32. The van der Waals surface area contributed by atoms with Gasteiger partial charge in [-0.25, -0.2) is 0 Å². The van der Waals surface area contributed by atoms with Crippen LogP contribution in [-0.2, 0) is 21.8 Å². The zero-order valence-corrected chi connectivity index (χ0v) is 18.0. The van der Waals surface area contributed by atoms with E-state index in [9.17, 15) is 0 Å². The molecule has 2 rings (SSSR count). The van der Waals surface area contributed by atoms with Crippen molar-refractivity contribution in [3.8, 4) is 0 Å². The van der Waals surface area contributed by atoms with Crippen LogP contribution in [0.15, 0.2) is 40.0 Å². The monoisotopic (exact) mass is 381 g/mol. The van der Waals surface area contributed by atoms with Crippen LogP contribution < -0.4 is 0 Å². The van der Waals surface area contributed by atoms with E-state index in [1.165, 1.54) is 11.1 Å². The Kier molecular flexibility index (Phi) is 5.27. The van der Waals surface area contributed by atoms with Gasteiger partial charge in [-0.05, 0) is 0 Å². The summed E-state index contributed by atoms with van der Waals surface area (Å²) in [5, 5.41) is 0. The fourth-order valence-electron chi connectivity index (χ4n) is 3.99. The first-order chi connectivity index (χ1) is 9.73. The maximum atomic E-state index is 6.56. The fraction of sp³-hybridized carbons (Fsp3) is 0.579. The molecule has 2 atom stereocenters. The van der Waals surface area contributed by atoms with E-state index in [1.54, 1.807) is 28.9 Å². The Hall–Kier alpha value is 0.133. The molecule has 21 heavy (non-hydrogen) atoms. The van der Waals surface area contributed by atoms with Gasteiger partial charge in [-0.3, -0.25) is 0 Å². The Morgan fingerprint density at radius 1 is 0.714 bits per heavy atom. The van der Waals surface area contributed by atoms with Crippen LogP contribution in [0.4, 0.5) is 0 Å². The van der Waals surface area contributed by atoms with Gasteiger partial charge in [-0.1, -0.05) is 0 Å². The van der Waals surface area contributed by atoms with E-state index in [1.807, 2.05) is 0 Å². The van der Waals surface area contributed by atoms with Crippen molar-refractivity contribution in [3.05, 3.63) is 40.0 Å². The molecule has 0 spiro atoms. The number of hydrogen-bond acceptors (Lipinski definition) is 0. The number of alkyl halides is 1. The van der Waals surface area contributed by atoms with E-state index in [4.69, 9.17) is 11.6 Å². The van der Waals surface area contributed by atoms with Gasteiger partial charge in [0, 0.05) is 0 Å². The molecule has 0 saturated carbocycles. The van der Waals surface area contributed by atoms with Gasteiger partial charge in [-0.2, -0.15) is 0 Å². The van der Waals surface area contributed by atoms with Gasteiger partial charge in [0.15, 0.2) is 0 Å². The van der Waals surface area contributed by atoms with Crippen molar-refractivity contribution in [2.45, 2.75) is 55.4 Å². The minimum atomic E-state index is -1.95. The summed E-state index contributed by atoms with van der Waals surface area (Å²) >= 11 is 4.61. The summed E-state index contributed by atoms with van der Waals surface area (Å²) in [7, 11) is 0. The molecule has 0 fully saturated rings. The second-order valence-corrected chi connectivity index (χ2v) is 14.0. The van der Waals surface area contributed by atoms with Crippen LogP contribution in [0.5, 0.6) is 0 Å². The van der Waals surface area contributed by atoms with E-state index >= 15 is 0 Å². The van der Waals surface area contributed by atoms with Crippen LogP contribution in [0, 0.1) is 11.8 Å². The van der Waals surface area contributed by atoms with Crippen molar-refractivity contribution in [2.24, 2.45) is 11.8 Å². The van der Waals surface area contributed by atoms with Crippen LogP contribution in [0.25, 0.3) is 0 Å². The minimum absolute atomic E-state index is 0.617. The van der Waals surface area contributed by atoms with Crippen molar-refractivity contribution < 1.29 is 21.8 Å². The Balaban J connectivity index is 2.50. The third kappa shape index (κ3) is 2.63. The standard InChI is InChI=1S/2C9H13.CH2Cl.Zr/c2*1-6-5-7(2)9(4)8(6)3;1-2;/h2*6H,1-4H3;1H2;. The van der Waals surface area contributed by atoms with E-state index < -0.39 is 21.8 Å². The molecule has 0 aromatic heterocycles. The van der Waals surface area contributed by atoms with Crippen LogP contribution in [0.2, 0.25) is 0 Å². The van der Waals surface area contributed by atoms with Crippen molar-refractivity contribution in [1.82, 2.24) is 0 Å². The Bertz CT molecular complexity index is 549. The molecular weight excluding hydrogens is 355 g/mol. The Morgan fingerprint density at radius 2 is 1.05 bits per heavy atom. The molecule has 0 nitrogen and oxygen atoms in total. The van der Waals surface area contributed by atoms with Crippen molar-refractivity contribution in [2.75, 3.05) is 3.59 Å². The van der Waals surface area contributed by atoms with Crippen molar-refractivity contribution >= 4 is 11.6 Å².